The highest BCUT2D eigenvalue weighted by molar-refractivity contribution is 5.98. The highest BCUT2D eigenvalue weighted by atomic mass is 16.5. The summed E-state index contributed by atoms with van der Waals surface area (Å²) in [6.07, 6.45) is 1.75. The van der Waals surface area contributed by atoms with Crippen molar-refractivity contribution in [2.75, 3.05) is 5.32 Å². The summed E-state index contributed by atoms with van der Waals surface area (Å²) in [6.45, 7) is 5.61. The van der Waals surface area contributed by atoms with E-state index in [2.05, 4.69) is 10.6 Å². The van der Waals surface area contributed by atoms with Crippen LogP contribution in [0.3, 0.4) is 0 Å². The van der Waals surface area contributed by atoms with Gasteiger partial charge in [-0.1, -0.05) is 69.3 Å². The van der Waals surface area contributed by atoms with Crippen LogP contribution in [-0.4, -0.2) is 29.0 Å². The van der Waals surface area contributed by atoms with E-state index in [1.54, 1.807) is 17.6 Å². The topological polar surface area (TPSA) is 108 Å². The second kappa shape index (κ2) is 12.0. The third-order valence-corrected chi connectivity index (χ3v) is 5.24. The normalized spacial score (nSPS) is 13.0. The van der Waals surface area contributed by atoms with Crippen molar-refractivity contribution in [3.8, 4) is 0 Å². The minimum absolute atomic E-state index is 0.158. The summed E-state index contributed by atoms with van der Waals surface area (Å²) in [5.74, 6) is -2.01. The molecule has 0 aliphatic carbocycles. The molecule has 0 heterocycles. The maximum atomic E-state index is 13.1. The Hall–Kier alpha value is -3.19. The minimum Gasteiger partial charge on any atom is -0.344 e. The zero-order valence-corrected chi connectivity index (χ0v) is 18.9. The number of aryl methyl sites for hydroxylation is 1. The molecule has 2 aromatic carbocycles. The second-order valence-corrected chi connectivity index (χ2v) is 8.98. The van der Waals surface area contributed by atoms with Gasteiger partial charge in [-0.3, -0.25) is 19.6 Å². The van der Waals surface area contributed by atoms with E-state index in [0.717, 1.165) is 12.0 Å². The number of carbonyl (C=O) groups is 3. The summed E-state index contributed by atoms with van der Waals surface area (Å²) in [6, 6.07) is 18.1. The largest absolute Gasteiger partial charge is 0.344 e. The molecule has 0 fully saturated rings. The molecular formula is C25H33N3O4. The summed E-state index contributed by atoms with van der Waals surface area (Å²) in [4.78, 5) is 37.8. The van der Waals surface area contributed by atoms with Crippen molar-refractivity contribution in [3.63, 3.8) is 0 Å². The molecule has 0 aromatic heterocycles. The zero-order chi connectivity index (χ0) is 23.6. The maximum absolute atomic E-state index is 13.1. The number of amides is 3. The van der Waals surface area contributed by atoms with Crippen LogP contribution in [0.25, 0.3) is 0 Å². The lowest BCUT2D eigenvalue weighted by Crippen LogP contribution is -2.53. The van der Waals surface area contributed by atoms with E-state index in [0.29, 0.717) is 18.5 Å². The monoisotopic (exact) mass is 439 g/mol. The van der Waals surface area contributed by atoms with E-state index in [1.165, 1.54) is 0 Å². The zero-order valence-electron chi connectivity index (χ0n) is 18.9. The first-order chi connectivity index (χ1) is 15.2. The number of anilines is 1. The lowest BCUT2D eigenvalue weighted by atomic mass is 9.85. The van der Waals surface area contributed by atoms with Gasteiger partial charge in [0.25, 0.3) is 0 Å². The highest BCUT2D eigenvalue weighted by Crippen LogP contribution is 2.23. The van der Waals surface area contributed by atoms with Gasteiger partial charge in [-0.2, -0.15) is 0 Å². The van der Waals surface area contributed by atoms with Crippen molar-refractivity contribution in [1.29, 1.82) is 0 Å². The molecule has 0 radical (unpaired) electrons. The predicted molar refractivity (Wildman–Crippen MR) is 124 cm³/mol. The average Bonchev–Trinajstić information content (AvgIpc) is 2.77. The predicted octanol–water partition coefficient (Wildman–Crippen LogP) is 3.69. The third-order valence-electron chi connectivity index (χ3n) is 5.24. The van der Waals surface area contributed by atoms with Crippen LogP contribution in [0, 0.1) is 11.3 Å². The fourth-order valence-electron chi connectivity index (χ4n) is 3.46. The lowest BCUT2D eigenvalue weighted by Gasteiger charge is -2.31. The van der Waals surface area contributed by atoms with Gasteiger partial charge >= 0.3 is 0 Å². The molecule has 3 amide bonds. The van der Waals surface area contributed by atoms with Crippen molar-refractivity contribution in [1.82, 2.24) is 10.8 Å². The van der Waals surface area contributed by atoms with Gasteiger partial charge in [0.05, 0.1) is 0 Å². The van der Waals surface area contributed by atoms with Crippen molar-refractivity contribution in [2.45, 2.75) is 52.5 Å². The first-order valence-electron chi connectivity index (χ1n) is 10.8. The minimum atomic E-state index is -0.802. The Morgan fingerprint density at radius 3 is 2.06 bits per heavy atom. The van der Waals surface area contributed by atoms with E-state index in [4.69, 9.17) is 5.21 Å². The van der Waals surface area contributed by atoms with Crippen LogP contribution in [0.4, 0.5) is 5.69 Å². The molecule has 7 nitrogen and oxygen atoms in total. The smallest absolute Gasteiger partial charge is 0.247 e. The van der Waals surface area contributed by atoms with Gasteiger partial charge in [-0.25, -0.2) is 5.48 Å². The molecule has 0 saturated heterocycles. The van der Waals surface area contributed by atoms with Gasteiger partial charge in [0.1, 0.15) is 6.04 Å². The number of hydrogen-bond acceptors (Lipinski definition) is 4. The first-order valence-corrected chi connectivity index (χ1v) is 10.8. The fraction of sp³-hybridized carbons (Fsp3) is 0.400. The Morgan fingerprint density at radius 1 is 0.906 bits per heavy atom. The summed E-state index contributed by atoms with van der Waals surface area (Å²) in [7, 11) is 0. The Morgan fingerprint density at radius 2 is 1.50 bits per heavy atom. The van der Waals surface area contributed by atoms with Crippen molar-refractivity contribution >= 4 is 23.4 Å². The maximum Gasteiger partial charge on any atom is 0.247 e. The SMILES string of the molecule is CC(C)(C)[C@H](NC(=O)[C@H](CCCc1ccccc1)CC(=O)NO)C(=O)Nc1ccccc1. The lowest BCUT2D eigenvalue weighted by molar-refractivity contribution is -0.136. The van der Waals surface area contributed by atoms with Crippen LogP contribution in [0.5, 0.6) is 0 Å². The van der Waals surface area contributed by atoms with E-state index in [9.17, 15) is 14.4 Å². The van der Waals surface area contributed by atoms with E-state index in [1.807, 2.05) is 69.3 Å². The first kappa shape index (κ1) is 25.1. The molecule has 32 heavy (non-hydrogen) atoms. The Balaban J connectivity index is 2.08. The number of hydrogen-bond donors (Lipinski definition) is 4. The van der Waals surface area contributed by atoms with E-state index >= 15 is 0 Å². The molecule has 2 rings (SSSR count). The molecule has 2 aromatic rings. The molecule has 7 heteroatoms. The summed E-state index contributed by atoms with van der Waals surface area (Å²) in [5, 5.41) is 14.6. The quantitative estimate of drug-likeness (QED) is 0.334. The molecule has 0 unspecified atom stereocenters. The summed E-state index contributed by atoms with van der Waals surface area (Å²) in [5.41, 5.74) is 2.83. The molecule has 0 saturated carbocycles. The van der Waals surface area contributed by atoms with Crippen LogP contribution in [0.2, 0.25) is 0 Å². The molecule has 2 atom stereocenters. The molecule has 4 N–H and O–H groups in total. The number of carbonyl (C=O) groups excluding carboxylic acids is 3. The molecule has 172 valence electrons. The van der Waals surface area contributed by atoms with Gasteiger partial charge in [0.15, 0.2) is 0 Å². The summed E-state index contributed by atoms with van der Waals surface area (Å²) < 4.78 is 0. The Bertz CT molecular complexity index is 879. The Kier molecular flexibility index (Phi) is 9.40. The number of nitrogens with one attached hydrogen (secondary N) is 3. The van der Waals surface area contributed by atoms with Gasteiger partial charge in [-0.05, 0) is 42.4 Å². The molecule has 0 aliphatic heterocycles. The number of para-hydroxylation sites is 1. The van der Waals surface area contributed by atoms with Crippen molar-refractivity contribution in [2.24, 2.45) is 11.3 Å². The average molecular weight is 440 g/mol. The van der Waals surface area contributed by atoms with Crippen LogP contribution < -0.4 is 16.1 Å². The Labute approximate surface area is 189 Å². The van der Waals surface area contributed by atoms with Crippen molar-refractivity contribution in [3.05, 3.63) is 66.2 Å². The van der Waals surface area contributed by atoms with E-state index in [-0.39, 0.29) is 18.2 Å². The third kappa shape index (κ3) is 8.15. The van der Waals surface area contributed by atoms with Crippen molar-refractivity contribution < 1.29 is 19.6 Å². The van der Waals surface area contributed by atoms with Crippen LogP contribution in [-0.2, 0) is 20.8 Å². The molecule has 0 spiro atoms. The van der Waals surface area contributed by atoms with E-state index < -0.39 is 23.3 Å². The molecular weight excluding hydrogens is 406 g/mol. The van der Waals surface area contributed by atoms with Gasteiger partial charge in [0, 0.05) is 18.0 Å². The molecule has 0 aliphatic rings. The van der Waals surface area contributed by atoms with Crippen LogP contribution in [0.15, 0.2) is 60.7 Å². The summed E-state index contributed by atoms with van der Waals surface area (Å²) >= 11 is 0. The van der Waals surface area contributed by atoms with Crippen LogP contribution in [0.1, 0.15) is 45.6 Å². The number of benzene rings is 2. The fourth-order valence-corrected chi connectivity index (χ4v) is 3.46. The highest BCUT2D eigenvalue weighted by Gasteiger charge is 2.35. The number of hydroxylamine groups is 1. The molecule has 0 bridgehead atoms. The standard InChI is InChI=1S/C25H33N3O4/c1-25(2,3)22(24(31)26-20-15-8-5-9-16-20)27-23(30)19(17-21(29)28-32)14-10-13-18-11-6-4-7-12-18/h4-9,11-12,15-16,19,22,32H,10,13-14,17H2,1-3H3,(H,26,31)(H,27,30)(H,28,29)/t19-,22-/m1/s1. The number of rotatable bonds is 10. The van der Waals surface area contributed by atoms with Gasteiger partial charge < -0.3 is 10.6 Å². The van der Waals surface area contributed by atoms with Gasteiger partial charge in [-0.15, -0.1) is 0 Å². The second-order valence-electron chi connectivity index (χ2n) is 8.98. The van der Waals surface area contributed by atoms with Crippen LogP contribution >= 0.6 is 0 Å². The van der Waals surface area contributed by atoms with Gasteiger partial charge in [0.2, 0.25) is 17.7 Å².